The summed E-state index contributed by atoms with van der Waals surface area (Å²) in [7, 11) is 1.38. The van der Waals surface area contributed by atoms with Crippen LogP contribution in [0.4, 0.5) is 8.78 Å². The van der Waals surface area contributed by atoms with Crippen LogP contribution in [0.3, 0.4) is 0 Å². The molecule has 3 heterocycles. The molecule has 1 amide bonds. The first-order valence-corrected chi connectivity index (χ1v) is 15.9. The van der Waals surface area contributed by atoms with E-state index >= 15 is 0 Å². The number of rotatable bonds is 9. The third kappa shape index (κ3) is 6.48. The summed E-state index contributed by atoms with van der Waals surface area (Å²) in [6.07, 6.45) is -1.04. The van der Waals surface area contributed by atoms with Crippen molar-refractivity contribution >= 4 is 5.91 Å². The zero-order chi connectivity index (χ0) is 34.1. The molecule has 13 nitrogen and oxygen atoms in total. The number of aliphatic hydroxyl groups is 3. The second kappa shape index (κ2) is 14.1. The van der Waals surface area contributed by atoms with Crippen molar-refractivity contribution < 1.29 is 38.4 Å². The number of hydrogen-bond donors (Lipinski definition) is 3. The second-order valence-electron chi connectivity index (χ2n) is 12.5. The first kappa shape index (κ1) is 33.7. The van der Waals surface area contributed by atoms with Gasteiger partial charge < -0.3 is 29.7 Å². The van der Waals surface area contributed by atoms with E-state index in [4.69, 9.17) is 9.47 Å². The highest BCUT2D eigenvalue weighted by molar-refractivity contribution is 5.82. The van der Waals surface area contributed by atoms with Crippen molar-refractivity contribution in [3.63, 3.8) is 0 Å². The average Bonchev–Trinajstić information content (AvgIpc) is 3.76. The van der Waals surface area contributed by atoms with Crippen LogP contribution in [0.1, 0.15) is 45.2 Å². The van der Waals surface area contributed by atoms with Crippen molar-refractivity contribution in [3.05, 3.63) is 72.6 Å². The molecular formula is C33H39F2N7O6. The topological polar surface area (TPSA) is 161 Å². The second-order valence-corrected chi connectivity index (χ2v) is 12.5. The van der Waals surface area contributed by atoms with Crippen LogP contribution in [0.15, 0.2) is 60.9 Å². The van der Waals surface area contributed by atoms with Gasteiger partial charge in [-0.15, -0.1) is 10.2 Å². The highest BCUT2D eigenvalue weighted by atomic mass is 19.1. The van der Waals surface area contributed by atoms with Crippen LogP contribution in [0.5, 0.6) is 0 Å². The predicted octanol–water partition coefficient (Wildman–Crippen LogP) is 2.55. The molecule has 256 valence electrons. The molecule has 15 heteroatoms. The van der Waals surface area contributed by atoms with E-state index in [1.165, 1.54) is 42.3 Å². The predicted molar refractivity (Wildman–Crippen MR) is 167 cm³/mol. The van der Waals surface area contributed by atoms with E-state index in [9.17, 15) is 28.9 Å². The Hall–Kier alpha value is -4.15. The number of halogens is 2. The third-order valence-corrected chi connectivity index (χ3v) is 9.25. The molecule has 1 saturated carbocycles. The summed E-state index contributed by atoms with van der Waals surface area (Å²) < 4.78 is 42.5. The van der Waals surface area contributed by atoms with E-state index in [2.05, 4.69) is 20.6 Å². The van der Waals surface area contributed by atoms with Gasteiger partial charge in [0.05, 0.1) is 37.2 Å². The summed E-state index contributed by atoms with van der Waals surface area (Å²) in [4.78, 5) is 16.1. The van der Waals surface area contributed by atoms with Crippen LogP contribution >= 0.6 is 0 Å². The van der Waals surface area contributed by atoms with Gasteiger partial charge in [-0.2, -0.15) is 0 Å². The van der Waals surface area contributed by atoms with Crippen LogP contribution in [-0.4, -0.2) is 112 Å². The summed E-state index contributed by atoms with van der Waals surface area (Å²) >= 11 is 0. The van der Waals surface area contributed by atoms with Gasteiger partial charge >= 0.3 is 0 Å². The summed E-state index contributed by atoms with van der Waals surface area (Å²) in [5.41, 5.74) is 1.80. The molecule has 4 aromatic rings. The Morgan fingerprint density at radius 2 is 1.58 bits per heavy atom. The number of carbonyl (C=O) groups excluding carboxylic acids is 1. The molecule has 8 atom stereocenters. The number of ether oxygens (including phenoxy) is 2. The normalized spacial score (nSPS) is 27.7. The largest absolute Gasteiger partial charge is 0.394 e. The lowest BCUT2D eigenvalue weighted by molar-refractivity contribution is -0.220. The van der Waals surface area contributed by atoms with Gasteiger partial charge in [0, 0.05) is 24.3 Å². The van der Waals surface area contributed by atoms with E-state index in [1.807, 2.05) is 13.8 Å². The van der Waals surface area contributed by atoms with Crippen molar-refractivity contribution in [3.8, 4) is 22.5 Å². The SMILES string of the molecule is CO[C@@H]1[C@@H](n2cc(-c3cccc(F)c3)nn2)[C@@H](O)[C@@H](CO)O[C@H]1C(=O)N(C(C)C)[C@@H]1CCC[C@H](n2cc(-c3cccc(F)c3)nn2)[C@H]1O. The molecule has 1 aliphatic heterocycles. The Balaban J connectivity index is 1.27. The molecule has 0 unspecified atom stereocenters. The maximum Gasteiger partial charge on any atom is 0.255 e. The van der Waals surface area contributed by atoms with Crippen LogP contribution in [0, 0.1) is 11.6 Å². The van der Waals surface area contributed by atoms with Crippen LogP contribution < -0.4 is 0 Å². The van der Waals surface area contributed by atoms with E-state index < -0.39 is 72.8 Å². The fourth-order valence-corrected chi connectivity index (χ4v) is 6.96. The Bertz CT molecular complexity index is 1720. The lowest BCUT2D eigenvalue weighted by Crippen LogP contribution is -2.64. The molecule has 2 aliphatic rings. The number of aromatic nitrogens is 6. The van der Waals surface area contributed by atoms with Gasteiger partial charge in [-0.25, -0.2) is 18.1 Å². The van der Waals surface area contributed by atoms with Crippen molar-refractivity contribution in [1.29, 1.82) is 0 Å². The Labute approximate surface area is 275 Å². The molecule has 48 heavy (non-hydrogen) atoms. The maximum atomic E-state index is 14.5. The van der Waals surface area contributed by atoms with Gasteiger partial charge in [0.25, 0.3) is 5.91 Å². The van der Waals surface area contributed by atoms with E-state index in [0.717, 1.165) is 0 Å². The zero-order valence-corrected chi connectivity index (χ0v) is 26.8. The standard InChI is InChI=1S/C33H39F2N7O6/c1-18(2)42(26-12-6-11-25(29(26)44)40-15-23(36-38-40)19-7-4-9-21(34)13-19)33(46)32-31(47-3)28(30(45)27(17-43)48-32)41-16-24(37-39-41)20-8-5-10-22(35)14-20/h4-5,7-10,13-16,18,25-32,43-45H,6,11-12,17H2,1-3H3/t25-,26+,27+,28-,29+,30-,31+,32+/m0/s1. The molecule has 2 aromatic heterocycles. The third-order valence-electron chi connectivity index (χ3n) is 9.25. The molecule has 3 N–H and O–H groups in total. The maximum absolute atomic E-state index is 14.5. The molecule has 2 fully saturated rings. The monoisotopic (exact) mass is 667 g/mol. The summed E-state index contributed by atoms with van der Waals surface area (Å²) in [6.45, 7) is 3.06. The number of carbonyl (C=O) groups is 1. The smallest absolute Gasteiger partial charge is 0.255 e. The highest BCUT2D eigenvalue weighted by Crippen LogP contribution is 2.37. The molecular weight excluding hydrogens is 628 g/mol. The zero-order valence-electron chi connectivity index (χ0n) is 26.8. The van der Waals surface area contributed by atoms with Crippen LogP contribution in [0.25, 0.3) is 22.5 Å². The van der Waals surface area contributed by atoms with Gasteiger partial charge in [-0.3, -0.25) is 4.79 Å². The Morgan fingerprint density at radius 3 is 2.15 bits per heavy atom. The first-order valence-electron chi connectivity index (χ1n) is 15.9. The molecule has 0 spiro atoms. The minimum Gasteiger partial charge on any atom is -0.394 e. The molecule has 2 aromatic carbocycles. The number of hydrogen-bond acceptors (Lipinski definition) is 10. The first-order chi connectivity index (χ1) is 23.1. The van der Waals surface area contributed by atoms with Crippen LogP contribution in [-0.2, 0) is 14.3 Å². The van der Waals surface area contributed by atoms with E-state index in [-0.39, 0.29) is 6.04 Å². The lowest BCUT2D eigenvalue weighted by atomic mass is 9.85. The van der Waals surface area contributed by atoms with Gasteiger partial charge in [-0.05, 0) is 57.4 Å². The van der Waals surface area contributed by atoms with Gasteiger partial charge in [-0.1, -0.05) is 34.7 Å². The van der Waals surface area contributed by atoms with Gasteiger partial charge in [0.15, 0.2) is 6.10 Å². The molecule has 6 rings (SSSR count). The summed E-state index contributed by atoms with van der Waals surface area (Å²) in [5, 5.41) is 50.0. The quantitative estimate of drug-likeness (QED) is 0.242. The van der Waals surface area contributed by atoms with Crippen molar-refractivity contribution in [2.75, 3.05) is 13.7 Å². The van der Waals surface area contributed by atoms with Crippen LogP contribution in [0.2, 0.25) is 0 Å². The lowest BCUT2D eigenvalue weighted by Gasteiger charge is -2.48. The number of aliphatic hydroxyl groups excluding tert-OH is 3. The number of amides is 1. The summed E-state index contributed by atoms with van der Waals surface area (Å²) in [6, 6.07) is 9.24. The molecule has 1 saturated heterocycles. The number of methoxy groups -OCH3 is 1. The van der Waals surface area contributed by atoms with Gasteiger partial charge in [0.1, 0.15) is 47.4 Å². The minimum atomic E-state index is -1.34. The van der Waals surface area contributed by atoms with Crippen molar-refractivity contribution in [2.24, 2.45) is 0 Å². The fraction of sp³-hybridized carbons (Fsp3) is 0.485. The van der Waals surface area contributed by atoms with Crippen molar-refractivity contribution in [1.82, 2.24) is 34.9 Å². The van der Waals surface area contributed by atoms with Crippen molar-refractivity contribution in [2.45, 2.75) is 87.8 Å². The average molecular weight is 668 g/mol. The molecule has 0 bridgehead atoms. The van der Waals surface area contributed by atoms with Gasteiger partial charge in [0.2, 0.25) is 0 Å². The Kier molecular flexibility index (Phi) is 9.94. The Morgan fingerprint density at radius 1 is 0.979 bits per heavy atom. The molecule has 1 aliphatic carbocycles. The fourth-order valence-electron chi connectivity index (χ4n) is 6.96. The number of benzene rings is 2. The minimum absolute atomic E-state index is 0.334. The summed E-state index contributed by atoms with van der Waals surface area (Å²) in [5.74, 6) is -1.36. The molecule has 0 radical (unpaired) electrons. The van der Waals surface area contributed by atoms with E-state index in [0.29, 0.717) is 41.8 Å². The highest BCUT2D eigenvalue weighted by Gasteiger charge is 2.52. The number of nitrogens with zero attached hydrogens (tertiary/aromatic N) is 7. The van der Waals surface area contributed by atoms with E-state index in [1.54, 1.807) is 40.0 Å².